The first kappa shape index (κ1) is 34.7. The summed E-state index contributed by atoms with van der Waals surface area (Å²) in [5, 5.41) is 2.06. The number of fused-ring (bicyclic) bond motifs is 10. The third kappa shape index (κ3) is 7.20. The van der Waals surface area contributed by atoms with Crippen LogP contribution in [0.5, 0.6) is 11.5 Å². The van der Waals surface area contributed by atoms with Crippen molar-refractivity contribution in [2.45, 2.75) is 78.6 Å². The van der Waals surface area contributed by atoms with Crippen molar-refractivity contribution in [2.24, 2.45) is 0 Å². The van der Waals surface area contributed by atoms with Crippen LogP contribution in [0.1, 0.15) is 90.0 Å². The first-order chi connectivity index (χ1) is 34.4. The van der Waals surface area contributed by atoms with Gasteiger partial charge in [-0.1, -0.05) is 159 Å². The van der Waals surface area contributed by atoms with Crippen molar-refractivity contribution in [3.05, 3.63) is 187 Å². The molecule has 0 bridgehead atoms. The number of pyridine rings is 1. The Morgan fingerprint density at radius 2 is 1.23 bits per heavy atom. The smallest absolute Gasteiger partial charge is 0.268 e. The first-order valence-corrected chi connectivity index (χ1v) is 22.0. The summed E-state index contributed by atoms with van der Waals surface area (Å²) < 4.78 is 87.0. The molecule has 1 aliphatic heterocycles. The molecule has 0 atom stereocenters. The summed E-state index contributed by atoms with van der Waals surface area (Å²) in [7, 11) is 0. The van der Waals surface area contributed by atoms with Crippen LogP contribution in [0, 0.1) is 18.5 Å². The predicted molar refractivity (Wildman–Crippen MR) is 266 cm³/mol. The molecule has 0 saturated carbocycles. The largest absolute Gasteiger partial charge is 0.510 e. The first-order valence-electron chi connectivity index (χ1n) is 26.0. The van der Waals surface area contributed by atoms with Crippen molar-refractivity contribution < 1.29 is 41.3 Å². The number of aromatic nitrogens is 4. The molecule has 7 aromatic carbocycles. The van der Waals surface area contributed by atoms with Gasteiger partial charge >= 0.3 is 0 Å². The van der Waals surface area contributed by atoms with E-state index in [-0.39, 0.29) is 60.8 Å². The Morgan fingerprint density at radius 3 is 1.92 bits per heavy atom. The molecule has 0 radical (unpaired) electrons. The van der Waals surface area contributed by atoms with E-state index in [9.17, 15) is 5.48 Å². The van der Waals surface area contributed by atoms with E-state index in [1.807, 2.05) is 82.1 Å². The maximum atomic E-state index is 9.69. The molecule has 0 amide bonds. The molecule has 3 aromatic heterocycles. The van der Waals surface area contributed by atoms with Gasteiger partial charge in [0.2, 0.25) is 0 Å². The molecule has 0 saturated heterocycles. The van der Waals surface area contributed by atoms with E-state index in [2.05, 4.69) is 116 Å². The standard InChI is InChI=1S/C60H52N4O.Pt/c1-58(2,3)38-30-31-61-55(34-38)64-52-27-15-14-24-47(52)48-29-28-42(36-53(48)64)65-41-19-16-18-40(35-41)62-37-63-56-49(25-17-26-51(56)60(7,8)9)45-22-12-10-20-43(45)44-21-11-13-23-46(44)50-32-39(59(4,5)6)33-54(62)57(50)63;/h10-34H,1-9H3;/q-2;/i10D,11D,12D,13D,20D,21D,22D,23D;. The van der Waals surface area contributed by atoms with Crippen LogP contribution in [-0.2, 0) is 37.3 Å². The van der Waals surface area contributed by atoms with Gasteiger partial charge in [0.25, 0.3) is 6.33 Å². The quantitative estimate of drug-likeness (QED) is 0.130. The Kier molecular flexibility index (Phi) is 8.33. The number of ether oxygens (including phenoxy) is 1. The van der Waals surface area contributed by atoms with Crippen LogP contribution in [0.2, 0.25) is 0 Å². The molecule has 0 N–H and O–H groups in total. The molecular formula is C60H52N4OPt-2. The zero-order valence-electron chi connectivity index (χ0n) is 46.3. The Hall–Kier alpha value is -6.55. The zero-order valence-corrected chi connectivity index (χ0v) is 40.6. The van der Waals surface area contributed by atoms with E-state index < -0.39 is 47.1 Å². The molecule has 6 heteroatoms. The molecule has 0 fully saturated rings. The van der Waals surface area contributed by atoms with E-state index in [0.717, 1.165) is 44.3 Å². The number of rotatable bonds is 4. The summed E-state index contributed by atoms with van der Waals surface area (Å²) in [5.74, 6) is 1.64. The molecule has 0 aliphatic carbocycles. The summed E-state index contributed by atoms with van der Waals surface area (Å²) >= 11 is 0. The summed E-state index contributed by atoms with van der Waals surface area (Å²) in [4.78, 5) is 4.84. The van der Waals surface area contributed by atoms with Crippen LogP contribution in [0.4, 0.5) is 0 Å². The second kappa shape index (κ2) is 15.8. The van der Waals surface area contributed by atoms with Crippen LogP contribution in [0.15, 0.2) is 152 Å². The summed E-state index contributed by atoms with van der Waals surface area (Å²) in [5.41, 5.74) is 6.97. The van der Waals surface area contributed by atoms with Gasteiger partial charge in [-0.05, 0) is 102 Å². The van der Waals surface area contributed by atoms with Gasteiger partial charge in [0.1, 0.15) is 5.82 Å². The molecule has 11 rings (SSSR count). The summed E-state index contributed by atoms with van der Waals surface area (Å²) in [6.45, 7) is 19.0. The van der Waals surface area contributed by atoms with Crippen LogP contribution in [0.25, 0.3) is 83.4 Å². The van der Waals surface area contributed by atoms with E-state index in [1.54, 1.807) is 0 Å². The fourth-order valence-corrected chi connectivity index (χ4v) is 9.12. The molecule has 330 valence electrons. The molecule has 0 unspecified atom stereocenters. The summed E-state index contributed by atoms with van der Waals surface area (Å²) in [6.07, 6.45) is 5.54. The topological polar surface area (TPSA) is 35.9 Å². The third-order valence-electron chi connectivity index (χ3n) is 12.5. The van der Waals surface area contributed by atoms with E-state index in [0.29, 0.717) is 45.0 Å². The Bertz CT molecular complexity index is 4010. The number of benzene rings is 7. The van der Waals surface area contributed by atoms with Crippen molar-refractivity contribution >= 4 is 32.8 Å². The zero-order chi connectivity index (χ0) is 52.0. The number of imidazole rings is 1. The molecule has 4 heterocycles. The minimum Gasteiger partial charge on any atom is -0.510 e. The van der Waals surface area contributed by atoms with Crippen molar-refractivity contribution in [1.82, 2.24) is 14.1 Å². The fraction of sp³-hybridized carbons (Fsp3) is 0.200. The van der Waals surface area contributed by atoms with E-state index in [4.69, 9.17) is 15.2 Å². The van der Waals surface area contributed by atoms with Crippen molar-refractivity contribution in [2.75, 3.05) is 0 Å². The Balaban J connectivity index is 0.00000626. The second-order valence-electron chi connectivity index (χ2n) is 20.0. The Morgan fingerprint density at radius 1 is 0.576 bits per heavy atom. The van der Waals surface area contributed by atoms with Crippen molar-refractivity contribution in [3.63, 3.8) is 0 Å². The molecule has 10 aromatic rings. The van der Waals surface area contributed by atoms with Crippen LogP contribution < -0.4 is 9.30 Å². The second-order valence-corrected chi connectivity index (χ2v) is 20.0. The van der Waals surface area contributed by atoms with E-state index >= 15 is 0 Å². The normalized spacial score (nSPS) is 14.2. The molecule has 5 nitrogen and oxygen atoms in total. The maximum absolute atomic E-state index is 9.69. The molecular weight excluding hydrogens is 988 g/mol. The van der Waals surface area contributed by atoms with Gasteiger partial charge in [-0.15, -0.1) is 29.7 Å². The predicted octanol–water partition coefficient (Wildman–Crippen LogP) is 14.8. The SMILES string of the molecule is [2H]c1c([2H])c([2H])c2c(c1[2H])-c1cccc(C(C)(C)C)c1-[n+]1[c-]n(-c3[c-]c(Oc4[c-]c5c(cc4)c4ccccc4n5-c4cc(C(C)(C)C)ccn4)ccc3)c3cc(C(C)(C)C)cc(c31)-c1c([2H])c([2H])c([2H])c([2H])c1-2.[Pt]. The fourth-order valence-electron chi connectivity index (χ4n) is 9.12. The summed E-state index contributed by atoms with van der Waals surface area (Å²) in [6, 6.07) is 35.4. The van der Waals surface area contributed by atoms with Crippen LogP contribution in [-0.4, -0.2) is 14.1 Å². The monoisotopic (exact) mass is 1050 g/mol. The number of hydrogen-bond acceptors (Lipinski definition) is 2. The number of nitrogens with zero attached hydrogens (tertiary/aromatic N) is 4. The van der Waals surface area contributed by atoms with Crippen molar-refractivity contribution in [3.8, 4) is 62.1 Å². The van der Waals surface area contributed by atoms with Crippen LogP contribution >= 0.6 is 0 Å². The Labute approximate surface area is 413 Å². The molecule has 66 heavy (non-hydrogen) atoms. The van der Waals surface area contributed by atoms with Gasteiger partial charge in [-0.3, -0.25) is 4.57 Å². The van der Waals surface area contributed by atoms with Gasteiger partial charge in [0.05, 0.1) is 27.7 Å². The minimum atomic E-state index is -0.531. The minimum absolute atomic E-state index is 0. The average Bonchev–Trinajstić information content (AvgIpc) is 3.90. The number of hydrogen-bond donors (Lipinski definition) is 0. The van der Waals surface area contributed by atoms with Gasteiger partial charge < -0.3 is 13.9 Å². The van der Waals surface area contributed by atoms with Gasteiger partial charge in [0.15, 0.2) is 0 Å². The average molecular weight is 1050 g/mol. The van der Waals surface area contributed by atoms with E-state index in [1.165, 1.54) is 0 Å². The van der Waals surface area contributed by atoms with Crippen LogP contribution in [0.3, 0.4) is 0 Å². The molecule has 1 aliphatic rings. The molecule has 0 spiro atoms. The van der Waals surface area contributed by atoms with Gasteiger partial charge in [-0.25, -0.2) is 4.98 Å². The van der Waals surface area contributed by atoms with Gasteiger partial charge in [-0.2, -0.15) is 18.2 Å². The third-order valence-corrected chi connectivity index (χ3v) is 12.5. The van der Waals surface area contributed by atoms with Crippen molar-refractivity contribution in [1.29, 1.82) is 0 Å². The maximum Gasteiger partial charge on any atom is 0.268 e. The number of para-hydroxylation sites is 2. The van der Waals surface area contributed by atoms with Gasteiger partial charge in [0, 0.05) is 44.3 Å².